The van der Waals surface area contributed by atoms with Crippen molar-refractivity contribution in [3.05, 3.63) is 18.6 Å². The summed E-state index contributed by atoms with van der Waals surface area (Å²) in [6.45, 7) is 1.11. The number of nitrogens with zero attached hydrogens (tertiary/aromatic N) is 7. The minimum Gasteiger partial charge on any atom is -0.495 e. The number of pyridine rings is 1. The molecule has 0 spiro atoms. The maximum Gasteiger partial charge on any atom is 0.407 e. The Morgan fingerprint density at radius 1 is 1.46 bits per heavy atom. The highest BCUT2D eigenvalue weighted by molar-refractivity contribution is 5.81. The number of methoxy groups -OCH3 is 1. The van der Waals surface area contributed by atoms with Crippen LogP contribution in [0, 0.1) is 0 Å². The SMILES string of the molecule is COc1cnc2nc(N3CC(N(C)C(=O)O)C3)c3nncn3c2c1. The van der Waals surface area contributed by atoms with Crippen LogP contribution in [0.15, 0.2) is 18.6 Å². The summed E-state index contributed by atoms with van der Waals surface area (Å²) in [6.07, 6.45) is 2.27. The molecule has 1 fully saturated rings. The number of carboxylic acid groups (broad SMARTS) is 1. The summed E-state index contributed by atoms with van der Waals surface area (Å²) in [4.78, 5) is 23.2. The molecule has 0 saturated carbocycles. The Morgan fingerprint density at radius 2 is 2.25 bits per heavy atom. The monoisotopic (exact) mass is 329 g/mol. The summed E-state index contributed by atoms with van der Waals surface area (Å²) in [7, 11) is 3.14. The molecule has 4 rings (SSSR count). The van der Waals surface area contributed by atoms with E-state index >= 15 is 0 Å². The molecule has 0 aliphatic carbocycles. The Hall–Kier alpha value is -3.17. The first-order valence-corrected chi connectivity index (χ1v) is 7.32. The Morgan fingerprint density at radius 3 is 2.96 bits per heavy atom. The van der Waals surface area contributed by atoms with Crippen molar-refractivity contribution in [1.29, 1.82) is 0 Å². The third-order valence-corrected chi connectivity index (χ3v) is 4.29. The van der Waals surface area contributed by atoms with Crippen LogP contribution in [0.2, 0.25) is 0 Å². The van der Waals surface area contributed by atoms with Crippen LogP contribution in [0.1, 0.15) is 0 Å². The van der Waals surface area contributed by atoms with Crippen LogP contribution >= 0.6 is 0 Å². The van der Waals surface area contributed by atoms with E-state index in [0.717, 1.165) is 5.52 Å². The first kappa shape index (κ1) is 14.4. The standard InChI is InChI=1S/C14H15N7O3/c1-19(14(22)23)8-5-20(6-8)12-13-18-16-7-21(13)10-3-9(24-2)4-15-11(10)17-12/h3-4,7-8H,5-6H2,1-2H3,(H,22,23). The number of likely N-dealkylation sites (N-methyl/N-ethyl adjacent to an activating group) is 1. The molecule has 3 aromatic rings. The largest absolute Gasteiger partial charge is 0.495 e. The zero-order valence-corrected chi connectivity index (χ0v) is 13.1. The Bertz CT molecular complexity index is 935. The molecule has 1 aliphatic heterocycles. The number of carbonyl (C=O) groups is 1. The normalized spacial score (nSPS) is 14.8. The summed E-state index contributed by atoms with van der Waals surface area (Å²) in [5.41, 5.74) is 1.90. The molecule has 0 unspecified atom stereocenters. The Kier molecular flexibility index (Phi) is 3.12. The Balaban J connectivity index is 1.74. The lowest BCUT2D eigenvalue weighted by Crippen LogP contribution is -2.60. The molecule has 4 heterocycles. The first-order valence-electron chi connectivity index (χ1n) is 7.32. The van der Waals surface area contributed by atoms with Crippen LogP contribution < -0.4 is 9.64 Å². The number of hydrogen-bond donors (Lipinski definition) is 1. The van der Waals surface area contributed by atoms with Crippen LogP contribution in [0.4, 0.5) is 10.6 Å². The lowest BCUT2D eigenvalue weighted by molar-refractivity contribution is 0.130. The molecular weight excluding hydrogens is 314 g/mol. The zero-order valence-electron chi connectivity index (χ0n) is 13.1. The van der Waals surface area contributed by atoms with E-state index in [4.69, 9.17) is 9.84 Å². The van der Waals surface area contributed by atoms with Crippen molar-refractivity contribution < 1.29 is 14.6 Å². The highest BCUT2D eigenvalue weighted by Gasteiger charge is 2.35. The lowest BCUT2D eigenvalue weighted by atomic mass is 10.1. The third kappa shape index (κ3) is 2.07. The first-order chi connectivity index (χ1) is 11.6. The molecule has 10 nitrogen and oxygen atoms in total. The summed E-state index contributed by atoms with van der Waals surface area (Å²) < 4.78 is 7.01. The average molecular weight is 329 g/mol. The van der Waals surface area contributed by atoms with Gasteiger partial charge in [0.25, 0.3) is 0 Å². The van der Waals surface area contributed by atoms with Crippen LogP contribution in [-0.2, 0) is 0 Å². The van der Waals surface area contributed by atoms with Gasteiger partial charge in [0, 0.05) is 26.2 Å². The van der Waals surface area contributed by atoms with E-state index in [0.29, 0.717) is 36.0 Å². The van der Waals surface area contributed by atoms with E-state index in [1.807, 2.05) is 11.0 Å². The van der Waals surface area contributed by atoms with E-state index in [-0.39, 0.29) is 6.04 Å². The fourth-order valence-corrected chi connectivity index (χ4v) is 2.76. The van der Waals surface area contributed by atoms with Gasteiger partial charge >= 0.3 is 6.09 Å². The number of aromatic nitrogens is 5. The van der Waals surface area contributed by atoms with Gasteiger partial charge in [-0.25, -0.2) is 14.8 Å². The van der Waals surface area contributed by atoms with E-state index in [1.54, 1.807) is 31.1 Å². The number of ether oxygens (including phenoxy) is 1. The number of anilines is 1. The van der Waals surface area contributed by atoms with Gasteiger partial charge in [-0.15, -0.1) is 10.2 Å². The molecule has 0 bridgehead atoms. The van der Waals surface area contributed by atoms with Crippen LogP contribution in [-0.4, -0.2) is 74.0 Å². The highest BCUT2D eigenvalue weighted by Crippen LogP contribution is 2.28. The van der Waals surface area contributed by atoms with Gasteiger partial charge in [-0.2, -0.15) is 0 Å². The molecule has 0 radical (unpaired) electrons. The molecule has 3 aromatic heterocycles. The van der Waals surface area contributed by atoms with Gasteiger partial charge in [-0.1, -0.05) is 0 Å². The van der Waals surface area contributed by atoms with Gasteiger partial charge < -0.3 is 19.6 Å². The molecule has 1 aliphatic rings. The van der Waals surface area contributed by atoms with Gasteiger partial charge in [0.15, 0.2) is 11.5 Å². The van der Waals surface area contributed by atoms with Gasteiger partial charge in [0.1, 0.15) is 12.1 Å². The molecule has 124 valence electrons. The molecule has 1 N–H and O–H groups in total. The van der Waals surface area contributed by atoms with Crippen LogP contribution in [0.3, 0.4) is 0 Å². The lowest BCUT2D eigenvalue weighted by Gasteiger charge is -2.43. The average Bonchev–Trinajstić information content (AvgIpc) is 3.02. The van der Waals surface area contributed by atoms with E-state index in [2.05, 4.69) is 20.2 Å². The van der Waals surface area contributed by atoms with Crippen molar-refractivity contribution in [2.75, 3.05) is 32.1 Å². The van der Waals surface area contributed by atoms with Crippen molar-refractivity contribution in [2.45, 2.75) is 6.04 Å². The molecular formula is C14H15N7O3. The molecule has 10 heteroatoms. The number of amides is 1. The third-order valence-electron chi connectivity index (χ3n) is 4.29. The summed E-state index contributed by atoms with van der Waals surface area (Å²) in [6, 6.07) is 1.76. The van der Waals surface area contributed by atoms with Gasteiger partial charge in [-0.05, 0) is 0 Å². The van der Waals surface area contributed by atoms with E-state index in [9.17, 15) is 4.79 Å². The number of hydrogen-bond acceptors (Lipinski definition) is 7. The highest BCUT2D eigenvalue weighted by atomic mass is 16.5. The van der Waals surface area contributed by atoms with Crippen molar-refractivity contribution in [1.82, 2.24) is 29.5 Å². The quantitative estimate of drug-likeness (QED) is 0.739. The molecule has 1 saturated heterocycles. The van der Waals surface area contributed by atoms with Crippen LogP contribution in [0.5, 0.6) is 5.75 Å². The number of fused-ring (bicyclic) bond motifs is 3. The topological polar surface area (TPSA) is 109 Å². The molecule has 24 heavy (non-hydrogen) atoms. The van der Waals surface area contributed by atoms with E-state index in [1.165, 1.54) is 4.90 Å². The number of rotatable bonds is 3. The second kappa shape index (κ2) is 5.18. The van der Waals surface area contributed by atoms with Gasteiger partial charge in [0.2, 0.25) is 5.65 Å². The summed E-state index contributed by atoms with van der Waals surface area (Å²) in [5, 5.41) is 17.2. The van der Waals surface area contributed by atoms with Crippen molar-refractivity contribution in [2.24, 2.45) is 0 Å². The predicted octanol–water partition coefficient (Wildman–Crippen LogP) is 0.479. The Labute approximate surface area is 136 Å². The van der Waals surface area contributed by atoms with Crippen LogP contribution in [0.25, 0.3) is 16.8 Å². The van der Waals surface area contributed by atoms with Crippen molar-refractivity contribution >= 4 is 28.7 Å². The maximum absolute atomic E-state index is 11.0. The zero-order chi connectivity index (χ0) is 16.8. The fourth-order valence-electron chi connectivity index (χ4n) is 2.76. The van der Waals surface area contributed by atoms with Gasteiger partial charge in [-0.3, -0.25) is 4.40 Å². The second-order valence-electron chi connectivity index (χ2n) is 5.63. The smallest absolute Gasteiger partial charge is 0.407 e. The maximum atomic E-state index is 11.0. The molecule has 0 atom stereocenters. The minimum atomic E-state index is -0.937. The second-order valence-corrected chi connectivity index (χ2v) is 5.63. The minimum absolute atomic E-state index is 0.0632. The van der Waals surface area contributed by atoms with Crippen molar-refractivity contribution in [3.8, 4) is 5.75 Å². The van der Waals surface area contributed by atoms with Gasteiger partial charge in [0.05, 0.1) is 24.9 Å². The molecule has 1 amide bonds. The fraction of sp³-hybridized carbons (Fsp3) is 0.357. The molecule has 0 aromatic carbocycles. The summed E-state index contributed by atoms with van der Waals surface area (Å²) in [5.74, 6) is 1.27. The van der Waals surface area contributed by atoms with Crippen molar-refractivity contribution in [3.63, 3.8) is 0 Å². The van der Waals surface area contributed by atoms with E-state index < -0.39 is 6.09 Å². The summed E-state index contributed by atoms with van der Waals surface area (Å²) >= 11 is 0. The predicted molar refractivity (Wildman–Crippen MR) is 84.4 cm³/mol.